The number of nitrogens with zero attached hydrogens (tertiary/aromatic N) is 3. The van der Waals surface area contributed by atoms with Gasteiger partial charge in [0.25, 0.3) is 0 Å². The summed E-state index contributed by atoms with van der Waals surface area (Å²) in [6.07, 6.45) is 7.35. The van der Waals surface area contributed by atoms with E-state index in [4.69, 9.17) is 4.74 Å². The van der Waals surface area contributed by atoms with Gasteiger partial charge in [-0.1, -0.05) is 32.9 Å². The fourth-order valence-corrected chi connectivity index (χ4v) is 2.73. The van der Waals surface area contributed by atoms with Gasteiger partial charge in [0.1, 0.15) is 29.2 Å². The van der Waals surface area contributed by atoms with Gasteiger partial charge in [-0.2, -0.15) is 10.5 Å². The Hall–Kier alpha value is -3.24. The molecule has 1 aromatic carbocycles. The lowest BCUT2D eigenvalue weighted by molar-refractivity contribution is 0.223. The van der Waals surface area contributed by atoms with E-state index in [0.717, 1.165) is 11.3 Å². The van der Waals surface area contributed by atoms with Crippen LogP contribution < -0.4 is 4.90 Å². The number of hydrogen-bond donors (Lipinski definition) is 0. The van der Waals surface area contributed by atoms with Gasteiger partial charge >= 0.3 is 0 Å². The summed E-state index contributed by atoms with van der Waals surface area (Å²) in [5.74, 6) is 1.33. The van der Waals surface area contributed by atoms with Crippen molar-refractivity contribution in [2.45, 2.75) is 27.7 Å². The minimum atomic E-state index is -0.238. The molecule has 0 aromatic heterocycles. The fraction of sp³-hybridized carbons (Fsp3) is 0.304. The van der Waals surface area contributed by atoms with E-state index in [1.807, 2.05) is 59.2 Å². The molecule has 1 aliphatic rings. The minimum Gasteiger partial charge on any atom is -0.461 e. The van der Waals surface area contributed by atoms with E-state index >= 15 is 0 Å². The molecular formula is C23H25N3O. The monoisotopic (exact) mass is 359 g/mol. The summed E-state index contributed by atoms with van der Waals surface area (Å²) in [5, 5.41) is 18.4. The number of hydrogen-bond acceptors (Lipinski definition) is 4. The third kappa shape index (κ3) is 4.90. The zero-order chi connectivity index (χ0) is 20.2. The van der Waals surface area contributed by atoms with Crippen LogP contribution >= 0.6 is 0 Å². The van der Waals surface area contributed by atoms with Crippen LogP contribution in [0.4, 0.5) is 5.69 Å². The number of benzene rings is 1. The lowest BCUT2D eigenvalue weighted by Gasteiger charge is -2.26. The summed E-state index contributed by atoms with van der Waals surface area (Å²) >= 11 is 0. The predicted molar refractivity (Wildman–Crippen MR) is 109 cm³/mol. The molecule has 0 saturated carbocycles. The number of nitriles is 2. The standard InChI is InChI=1S/C23H25N3O/c1-16-11-17(8-10-21(16)26(5)6)7-9-20-12-18(19(14-24)15-25)13-22(27-20)23(2,3)4/h7-13H,1-6H3/b9-7+. The minimum absolute atomic E-state index is 0.0807. The zero-order valence-corrected chi connectivity index (χ0v) is 16.8. The molecule has 1 heterocycles. The zero-order valence-electron chi connectivity index (χ0n) is 16.8. The highest BCUT2D eigenvalue weighted by atomic mass is 16.5. The van der Waals surface area contributed by atoms with Crippen LogP contribution in [0.3, 0.4) is 0 Å². The maximum atomic E-state index is 9.21. The largest absolute Gasteiger partial charge is 0.461 e. The van der Waals surface area contributed by atoms with Crippen molar-refractivity contribution in [3.05, 3.63) is 70.2 Å². The first kappa shape index (κ1) is 20.1. The van der Waals surface area contributed by atoms with Crippen molar-refractivity contribution in [2.24, 2.45) is 5.41 Å². The number of rotatable bonds is 3. The molecule has 27 heavy (non-hydrogen) atoms. The lowest BCUT2D eigenvalue weighted by atomic mass is 9.90. The molecule has 0 unspecified atom stereocenters. The van der Waals surface area contributed by atoms with Gasteiger partial charge in [0, 0.05) is 30.8 Å². The number of aryl methyl sites for hydroxylation is 1. The van der Waals surface area contributed by atoms with E-state index in [-0.39, 0.29) is 11.0 Å². The highest BCUT2D eigenvalue weighted by Gasteiger charge is 2.23. The molecule has 1 aliphatic heterocycles. The smallest absolute Gasteiger partial charge is 0.137 e. The van der Waals surface area contributed by atoms with E-state index in [0.29, 0.717) is 11.3 Å². The molecule has 0 aliphatic carbocycles. The molecule has 0 bridgehead atoms. The molecule has 0 saturated heterocycles. The molecular weight excluding hydrogens is 334 g/mol. The molecule has 0 atom stereocenters. The first-order valence-corrected chi connectivity index (χ1v) is 8.78. The average molecular weight is 359 g/mol. The van der Waals surface area contributed by atoms with Crippen molar-refractivity contribution in [1.29, 1.82) is 10.5 Å². The summed E-state index contributed by atoms with van der Waals surface area (Å²) in [7, 11) is 4.05. The first-order valence-electron chi connectivity index (χ1n) is 8.78. The maximum absolute atomic E-state index is 9.21. The topological polar surface area (TPSA) is 60.1 Å². The van der Waals surface area contributed by atoms with Crippen molar-refractivity contribution in [3.63, 3.8) is 0 Å². The van der Waals surface area contributed by atoms with Crippen LogP contribution in [-0.2, 0) is 4.74 Å². The van der Waals surface area contributed by atoms with Gasteiger partial charge in [0.2, 0.25) is 0 Å². The van der Waals surface area contributed by atoms with Crippen molar-refractivity contribution < 1.29 is 4.74 Å². The Kier molecular flexibility index (Phi) is 5.93. The summed E-state index contributed by atoms with van der Waals surface area (Å²) in [6, 6.07) is 10.2. The van der Waals surface area contributed by atoms with Gasteiger partial charge in [-0.05, 0) is 48.4 Å². The number of allylic oxidation sites excluding steroid dienone is 6. The van der Waals surface area contributed by atoms with Crippen LogP contribution in [0.1, 0.15) is 31.9 Å². The lowest BCUT2D eigenvalue weighted by Crippen LogP contribution is -2.15. The first-order chi connectivity index (χ1) is 12.7. The SMILES string of the molecule is Cc1cc(/C=C/C2=CC(=C(C#N)C#N)C=C(C(C)(C)C)O2)ccc1N(C)C. The Morgan fingerprint density at radius 2 is 1.74 bits per heavy atom. The van der Waals surface area contributed by atoms with Gasteiger partial charge in [-0.3, -0.25) is 0 Å². The van der Waals surface area contributed by atoms with Gasteiger partial charge in [-0.15, -0.1) is 0 Å². The Morgan fingerprint density at radius 3 is 2.26 bits per heavy atom. The number of ether oxygens (including phenoxy) is 1. The van der Waals surface area contributed by atoms with Crippen LogP contribution in [0.5, 0.6) is 0 Å². The van der Waals surface area contributed by atoms with Crippen molar-refractivity contribution >= 4 is 11.8 Å². The van der Waals surface area contributed by atoms with E-state index in [2.05, 4.69) is 30.0 Å². The van der Waals surface area contributed by atoms with Gasteiger partial charge < -0.3 is 9.64 Å². The van der Waals surface area contributed by atoms with Crippen molar-refractivity contribution in [2.75, 3.05) is 19.0 Å². The van der Waals surface area contributed by atoms with E-state index < -0.39 is 0 Å². The van der Waals surface area contributed by atoms with Crippen LogP contribution in [0.25, 0.3) is 6.08 Å². The Labute approximate surface area is 162 Å². The normalized spacial score (nSPS) is 14.0. The molecule has 0 amide bonds. The van der Waals surface area contributed by atoms with Crippen LogP contribution in [-0.4, -0.2) is 14.1 Å². The molecule has 4 nitrogen and oxygen atoms in total. The Bertz CT molecular complexity index is 923. The number of anilines is 1. The maximum Gasteiger partial charge on any atom is 0.137 e. The molecule has 1 aromatic rings. The molecule has 138 valence electrons. The fourth-order valence-electron chi connectivity index (χ4n) is 2.73. The average Bonchev–Trinajstić information content (AvgIpc) is 2.60. The second-order valence-corrected chi connectivity index (χ2v) is 7.73. The molecule has 0 radical (unpaired) electrons. The molecule has 0 N–H and O–H groups in total. The van der Waals surface area contributed by atoms with E-state index in [1.165, 1.54) is 11.3 Å². The summed E-state index contributed by atoms with van der Waals surface area (Å²) in [4.78, 5) is 2.08. The quantitative estimate of drug-likeness (QED) is 0.691. The molecule has 0 fully saturated rings. The second kappa shape index (κ2) is 7.98. The summed E-state index contributed by atoms with van der Waals surface area (Å²) in [5.41, 5.74) is 3.84. The third-order valence-corrected chi connectivity index (χ3v) is 4.21. The molecule has 0 spiro atoms. The Morgan fingerprint density at radius 1 is 1.07 bits per heavy atom. The highest BCUT2D eigenvalue weighted by Crippen LogP contribution is 2.34. The summed E-state index contributed by atoms with van der Waals surface area (Å²) < 4.78 is 6.01. The Balaban J connectivity index is 2.39. The summed E-state index contributed by atoms with van der Waals surface area (Å²) in [6.45, 7) is 8.18. The highest BCUT2D eigenvalue weighted by molar-refractivity contribution is 5.62. The predicted octanol–water partition coefficient (Wildman–Crippen LogP) is 5.26. The van der Waals surface area contributed by atoms with Gasteiger partial charge in [0.05, 0.1) is 0 Å². The van der Waals surface area contributed by atoms with Gasteiger partial charge in [0.15, 0.2) is 0 Å². The molecule has 2 rings (SSSR count). The van der Waals surface area contributed by atoms with Crippen molar-refractivity contribution in [3.8, 4) is 12.1 Å². The second-order valence-electron chi connectivity index (χ2n) is 7.73. The van der Waals surface area contributed by atoms with Crippen LogP contribution in [0.2, 0.25) is 0 Å². The van der Waals surface area contributed by atoms with Crippen molar-refractivity contribution in [1.82, 2.24) is 0 Å². The van der Waals surface area contributed by atoms with E-state index in [9.17, 15) is 10.5 Å². The molecule has 4 heteroatoms. The van der Waals surface area contributed by atoms with Gasteiger partial charge in [-0.25, -0.2) is 0 Å². The third-order valence-electron chi connectivity index (χ3n) is 4.21. The van der Waals surface area contributed by atoms with E-state index in [1.54, 1.807) is 12.2 Å². The van der Waals surface area contributed by atoms with Crippen LogP contribution in [0.15, 0.2) is 59.1 Å². The van der Waals surface area contributed by atoms with Crippen LogP contribution in [0, 0.1) is 35.0 Å².